The first-order valence-electron chi connectivity index (χ1n) is 41.5. The summed E-state index contributed by atoms with van der Waals surface area (Å²) in [5.41, 5.74) is 0.552. The topological polar surface area (TPSA) is 614 Å². The lowest BCUT2D eigenvalue weighted by molar-refractivity contribution is -0.145. The van der Waals surface area contributed by atoms with Crippen molar-refractivity contribution in [3.8, 4) is 11.5 Å². The summed E-state index contributed by atoms with van der Waals surface area (Å²) in [6, 6.07) is 10.5. The van der Waals surface area contributed by atoms with Gasteiger partial charge in [-0.15, -0.1) is 0 Å². The molecule has 2 aliphatic rings. The molecule has 1 aliphatic heterocycles. The average molecular weight is 1720 g/mol. The molecule has 0 spiro atoms. The number of aliphatic hydroxyl groups is 4. The van der Waals surface area contributed by atoms with Crippen LogP contribution in [0.2, 0.25) is 0 Å². The summed E-state index contributed by atoms with van der Waals surface area (Å²) < 4.78 is 5.53. The largest absolute Gasteiger partial charge is 0.508 e. The molecule has 0 radical (unpaired) electrons. The van der Waals surface area contributed by atoms with Crippen LogP contribution in [0.25, 0.3) is 0 Å². The van der Waals surface area contributed by atoms with Gasteiger partial charge in [0.2, 0.25) is 0 Å². The van der Waals surface area contributed by atoms with Crippen LogP contribution in [0.15, 0.2) is 48.5 Å². The number of rotatable bonds is 66. The van der Waals surface area contributed by atoms with Crippen molar-refractivity contribution in [1.82, 2.24) is 0 Å². The number of benzene rings is 2. The molecular weight excluding hydrogens is 1600 g/mol. The molecule has 4 rings (SSSR count). The van der Waals surface area contributed by atoms with E-state index in [0.717, 1.165) is 6.92 Å². The van der Waals surface area contributed by atoms with E-state index in [1.807, 2.05) is 0 Å². The number of carbonyl (C=O) groups excluding carboxylic acids is 13. The summed E-state index contributed by atoms with van der Waals surface area (Å²) in [7, 11) is 0. The molecule has 13 N–H and O–H groups in total. The van der Waals surface area contributed by atoms with Crippen molar-refractivity contribution in [2.45, 2.75) is 264 Å². The van der Waals surface area contributed by atoms with Crippen LogP contribution in [-0.2, 0) is 107 Å². The molecule has 34 nitrogen and oxygen atoms in total. The number of carbonyl (C=O) groups is 20. The number of hydrogen-bond acceptors (Lipinski definition) is 27. The standard InChI is InChI=1S/C88H118O34/c1-5-46(2)66(43-79(105)68(42-62(94)45-89)50-17-22-61(93)23-18-50)77(103)37-59(41-85(116)117)87(119)65-11-8-10-64(65)76(102)29-51(9-6-7-12-80(106)107)69(95)34-56(38-82(110)111)74(100)36-58(40-84(114)115)73(99)32-54(27-49-14-20-60(92)21-15-49)75(101)44-67(48(4)91)78(104)30-52(19-25-81(108)109)70(96)33-55(28-63-24-26-86(118)122-63)72(98)35-57(39-83(112)113)71(97)31-53(88(120)121)16-13-47(3)90/h14-15,17-18,20-23,46,48,51-59,63-68,71,86,89,91-93,97,118H,5-13,16,19,24-45H2,1-4H3,(H,106,107)(H,108,109)(H,110,111)(H,112,113)(H,114,115)(H,116,117)(H,120,121)/t46?,48?,51?,52?,53?,54?,55?,56?,57?,58?,59?,63?,64?,65?,66?,67-,68?,71?,86?/m0/s1. The second-order valence-corrected chi connectivity index (χ2v) is 33.2. The average Bonchev–Trinajstić information content (AvgIpc) is 1.56. The maximum absolute atomic E-state index is 14.9. The van der Waals surface area contributed by atoms with Crippen LogP contribution in [0.1, 0.15) is 244 Å². The number of ether oxygens (including phenoxy) is 1. The van der Waals surface area contributed by atoms with Crippen molar-refractivity contribution >= 4 is 117 Å². The predicted octanol–water partition coefficient (Wildman–Crippen LogP) is 7.66. The van der Waals surface area contributed by atoms with Crippen LogP contribution >= 0.6 is 0 Å². The Kier molecular flexibility index (Phi) is 44.1. The Balaban J connectivity index is 1.65. The molecule has 1 aliphatic carbocycles. The van der Waals surface area contributed by atoms with Gasteiger partial charge in [-0.1, -0.05) is 57.4 Å². The van der Waals surface area contributed by atoms with E-state index in [0.29, 0.717) is 12.0 Å². The molecule has 1 saturated carbocycles. The van der Waals surface area contributed by atoms with E-state index >= 15 is 0 Å². The molecule has 0 amide bonds. The molecule has 674 valence electrons. The van der Waals surface area contributed by atoms with Gasteiger partial charge in [0.05, 0.1) is 55.8 Å². The molecule has 0 bridgehead atoms. The molecule has 122 heavy (non-hydrogen) atoms. The number of carboxylic acids is 7. The van der Waals surface area contributed by atoms with E-state index in [-0.39, 0.29) is 93.5 Å². The minimum atomic E-state index is -1.88. The van der Waals surface area contributed by atoms with Gasteiger partial charge in [-0.05, 0) is 119 Å². The number of aliphatic hydroxyl groups excluding tert-OH is 4. The van der Waals surface area contributed by atoms with Crippen LogP contribution in [0, 0.1) is 82.9 Å². The number of Topliss-reactive ketones (excluding diaryl/α,β-unsaturated/α-hetero) is 13. The van der Waals surface area contributed by atoms with Crippen molar-refractivity contribution in [3.05, 3.63) is 59.7 Å². The van der Waals surface area contributed by atoms with Crippen molar-refractivity contribution in [2.75, 3.05) is 6.61 Å². The highest BCUT2D eigenvalue weighted by Crippen LogP contribution is 2.41. The number of phenolic OH excluding ortho intramolecular Hbond substituents is 2. The third-order valence-corrected chi connectivity index (χ3v) is 23.8. The van der Waals surface area contributed by atoms with E-state index in [9.17, 15) is 162 Å². The number of phenols is 2. The number of aromatic hydroxyl groups is 2. The summed E-state index contributed by atoms with van der Waals surface area (Å²) in [6.07, 6.45) is -21.2. The summed E-state index contributed by atoms with van der Waals surface area (Å²) in [4.78, 5) is 271. The predicted molar refractivity (Wildman–Crippen MR) is 426 cm³/mol. The highest BCUT2D eigenvalue weighted by molar-refractivity contribution is 6.01. The zero-order chi connectivity index (χ0) is 91.5. The second-order valence-electron chi connectivity index (χ2n) is 33.2. The second kappa shape index (κ2) is 51.7. The van der Waals surface area contributed by atoms with Gasteiger partial charge >= 0.3 is 41.8 Å². The van der Waals surface area contributed by atoms with E-state index in [4.69, 9.17) is 4.74 Å². The maximum atomic E-state index is 14.9. The molecule has 1 saturated heterocycles. The molecule has 1 heterocycles. The Morgan fingerprint density at radius 2 is 0.902 bits per heavy atom. The third kappa shape index (κ3) is 36.1. The quantitative estimate of drug-likeness (QED) is 0.0283. The molecule has 18 unspecified atom stereocenters. The smallest absolute Gasteiger partial charge is 0.306 e. The number of unbranched alkanes of at least 4 members (excludes halogenated alkanes) is 1. The van der Waals surface area contributed by atoms with E-state index < -0.39 is 360 Å². The van der Waals surface area contributed by atoms with Crippen LogP contribution in [0.4, 0.5) is 0 Å². The van der Waals surface area contributed by atoms with Gasteiger partial charge in [0.15, 0.2) is 12.1 Å². The summed E-state index contributed by atoms with van der Waals surface area (Å²) >= 11 is 0. The van der Waals surface area contributed by atoms with Crippen LogP contribution < -0.4 is 0 Å². The van der Waals surface area contributed by atoms with E-state index in [1.54, 1.807) is 13.8 Å². The van der Waals surface area contributed by atoms with Gasteiger partial charge < -0.3 is 75.9 Å². The first-order chi connectivity index (χ1) is 57.3. The fraction of sp³-hybridized carbons (Fsp3) is 0.636. The molecular formula is C88H118O34. The number of hydrogen-bond donors (Lipinski definition) is 13. The normalized spacial score (nSPS) is 18.9. The van der Waals surface area contributed by atoms with Crippen LogP contribution in [0.3, 0.4) is 0 Å². The summed E-state index contributed by atoms with van der Waals surface area (Å²) in [5, 5.41) is 132. The summed E-state index contributed by atoms with van der Waals surface area (Å²) in [6.45, 7) is 4.80. The highest BCUT2D eigenvalue weighted by atomic mass is 16.6. The number of ketones is 13. The van der Waals surface area contributed by atoms with Gasteiger partial charge in [0.1, 0.15) is 87.5 Å². The minimum absolute atomic E-state index is 0.0200. The van der Waals surface area contributed by atoms with E-state index in [2.05, 4.69) is 0 Å². The monoisotopic (exact) mass is 1720 g/mol. The molecule has 19 atom stereocenters. The molecule has 2 aromatic carbocycles. The lowest BCUT2D eigenvalue weighted by atomic mass is 9.74. The van der Waals surface area contributed by atoms with Crippen molar-refractivity contribution < 1.29 is 167 Å². The SMILES string of the molecule is CCC(C)C(CC(=O)C(CC(=O)CO)c1ccc(O)cc1)C(=O)CC(CC(=O)O)C(=O)C1CCCC1C(=O)CC(CCCCC(=O)O)C(=O)CC(CC(=O)O)C(=O)CC(CC(=O)O)C(=O)CC(Cc1ccc(O)cc1)C(=O)C[C@H](C(=O)CC(CCC(=O)O)C(=O)CC(CC1CCC(O)O1)C(=O)CC(CC(=O)O)C(O)CC(CCC(C)=O)C(=O)O)C(C)O. The zero-order valence-corrected chi connectivity index (χ0v) is 69.3. The molecule has 0 aromatic heterocycles. The van der Waals surface area contributed by atoms with Crippen molar-refractivity contribution in [2.24, 2.45) is 82.9 Å². The first kappa shape index (κ1) is 104. The molecule has 34 heteroatoms. The lowest BCUT2D eigenvalue weighted by Crippen LogP contribution is -2.36. The molecule has 2 aromatic rings. The highest BCUT2D eigenvalue weighted by Gasteiger charge is 2.46. The summed E-state index contributed by atoms with van der Waals surface area (Å²) in [5.74, 6) is -42.6. The Morgan fingerprint density at radius 1 is 0.434 bits per heavy atom. The van der Waals surface area contributed by atoms with Gasteiger partial charge in [0.25, 0.3) is 0 Å². The van der Waals surface area contributed by atoms with Gasteiger partial charge in [0, 0.05) is 167 Å². The minimum Gasteiger partial charge on any atom is -0.508 e. The fourth-order valence-corrected chi connectivity index (χ4v) is 16.6. The van der Waals surface area contributed by atoms with E-state index in [1.165, 1.54) is 55.5 Å². The van der Waals surface area contributed by atoms with Crippen molar-refractivity contribution in [1.29, 1.82) is 0 Å². The number of aliphatic carboxylic acids is 7. The lowest BCUT2D eigenvalue weighted by Gasteiger charge is -2.27. The zero-order valence-electron chi connectivity index (χ0n) is 69.3. The first-order valence-corrected chi connectivity index (χ1v) is 41.5. The Labute approximate surface area is 705 Å². The van der Waals surface area contributed by atoms with Gasteiger partial charge in [-0.25, -0.2) is 0 Å². The Morgan fingerprint density at radius 3 is 1.41 bits per heavy atom. The van der Waals surface area contributed by atoms with Crippen LogP contribution in [0.5, 0.6) is 11.5 Å². The fourth-order valence-electron chi connectivity index (χ4n) is 16.6. The Hall–Kier alpha value is -10.2. The third-order valence-electron chi connectivity index (χ3n) is 23.8. The van der Waals surface area contributed by atoms with Gasteiger partial charge in [-0.3, -0.25) is 91.1 Å². The maximum Gasteiger partial charge on any atom is 0.306 e. The molecule has 2 fully saturated rings. The van der Waals surface area contributed by atoms with Crippen molar-refractivity contribution in [3.63, 3.8) is 0 Å². The Bertz CT molecular complexity index is 4020. The van der Waals surface area contributed by atoms with Gasteiger partial charge in [-0.2, -0.15) is 0 Å². The van der Waals surface area contributed by atoms with Crippen LogP contribution in [-0.4, -0.2) is 215 Å². The number of carboxylic acid groups (broad SMARTS) is 7.